The molecule has 0 saturated carbocycles. The number of aryl methyl sites for hydroxylation is 2. The highest BCUT2D eigenvalue weighted by Gasteiger charge is 2.33. The van der Waals surface area contributed by atoms with Crippen molar-refractivity contribution in [3.8, 4) is 11.1 Å². The van der Waals surface area contributed by atoms with E-state index in [0.717, 1.165) is 21.7 Å². The Labute approximate surface area is 168 Å². The Bertz CT molecular complexity index is 1310. The molecule has 3 aromatic rings. The van der Waals surface area contributed by atoms with E-state index >= 15 is 0 Å². The molecule has 0 saturated heterocycles. The van der Waals surface area contributed by atoms with E-state index in [4.69, 9.17) is 0 Å². The molecule has 1 aliphatic rings. The lowest BCUT2D eigenvalue weighted by molar-refractivity contribution is 0.100. The predicted molar refractivity (Wildman–Crippen MR) is 110 cm³/mol. The van der Waals surface area contributed by atoms with Crippen molar-refractivity contribution in [2.75, 3.05) is 10.6 Å². The average Bonchev–Trinajstić information content (AvgIpc) is 3.09. The number of benzene rings is 2. The molecule has 0 radical (unpaired) electrons. The molecule has 0 spiro atoms. The van der Waals surface area contributed by atoms with Crippen molar-refractivity contribution in [2.24, 2.45) is 7.05 Å². The van der Waals surface area contributed by atoms with Gasteiger partial charge in [0.25, 0.3) is 5.91 Å². The lowest BCUT2D eigenvalue weighted by atomic mass is 10.0. The van der Waals surface area contributed by atoms with Crippen LogP contribution >= 0.6 is 0 Å². The van der Waals surface area contributed by atoms with Gasteiger partial charge in [-0.2, -0.15) is 9.40 Å². The fraction of sp³-hybridized carbons (Fsp3) is 0.190. The van der Waals surface area contributed by atoms with Crippen LogP contribution in [-0.4, -0.2) is 36.1 Å². The summed E-state index contributed by atoms with van der Waals surface area (Å²) in [6, 6.07) is 11.9. The minimum atomic E-state index is -3.93. The maximum absolute atomic E-state index is 13.3. The Balaban J connectivity index is 1.85. The van der Waals surface area contributed by atoms with Crippen LogP contribution in [0.5, 0.6) is 0 Å². The molecule has 8 heteroatoms. The molecule has 29 heavy (non-hydrogen) atoms. The summed E-state index contributed by atoms with van der Waals surface area (Å²) < 4.78 is 27.4. The molecular formula is C21H19N3O4S. The molecule has 0 fully saturated rings. The SMILES string of the molecule is Cc1nn(C)c(C)c1N(C(=O)c1ccc2c(c1)C(=O)c1ccccc1-2)S(C)(=O)=O. The molecule has 1 aromatic heterocycles. The molecule has 2 aromatic carbocycles. The van der Waals surface area contributed by atoms with Gasteiger partial charge in [-0.3, -0.25) is 14.3 Å². The Kier molecular flexibility index (Phi) is 4.20. The zero-order chi connectivity index (χ0) is 21.1. The summed E-state index contributed by atoms with van der Waals surface area (Å²) in [5, 5.41) is 4.22. The first kappa shape index (κ1) is 19.1. The number of carbonyl (C=O) groups is 2. The molecule has 1 aliphatic carbocycles. The normalized spacial score (nSPS) is 12.6. The number of rotatable bonds is 3. The number of amides is 1. The van der Waals surface area contributed by atoms with E-state index in [0.29, 0.717) is 22.5 Å². The zero-order valence-corrected chi connectivity index (χ0v) is 17.2. The monoisotopic (exact) mass is 409 g/mol. The quantitative estimate of drug-likeness (QED) is 0.519. The number of aromatic nitrogens is 2. The first-order chi connectivity index (χ1) is 13.6. The number of hydrogen-bond acceptors (Lipinski definition) is 5. The fourth-order valence-electron chi connectivity index (χ4n) is 3.75. The van der Waals surface area contributed by atoms with Crippen LogP contribution in [0.4, 0.5) is 5.69 Å². The summed E-state index contributed by atoms with van der Waals surface area (Å²) in [5.74, 6) is -0.900. The van der Waals surface area contributed by atoms with Crippen LogP contribution in [0.15, 0.2) is 42.5 Å². The number of sulfonamides is 1. The maximum atomic E-state index is 13.3. The Morgan fingerprint density at radius 2 is 1.62 bits per heavy atom. The second-order valence-electron chi connectivity index (χ2n) is 7.11. The van der Waals surface area contributed by atoms with Crippen LogP contribution in [0.25, 0.3) is 11.1 Å². The zero-order valence-electron chi connectivity index (χ0n) is 16.4. The maximum Gasteiger partial charge on any atom is 0.272 e. The minimum Gasteiger partial charge on any atom is -0.289 e. The number of ketones is 1. The van der Waals surface area contributed by atoms with E-state index in [2.05, 4.69) is 5.10 Å². The standard InChI is InChI=1S/C21H19N3O4S/c1-12-19(13(2)23(3)22-12)24(29(4,27)28)21(26)14-9-10-16-15-7-5-6-8-17(15)20(25)18(16)11-14/h5-11H,1-4H3. The van der Waals surface area contributed by atoms with Crippen LogP contribution in [-0.2, 0) is 17.1 Å². The van der Waals surface area contributed by atoms with E-state index < -0.39 is 15.9 Å². The van der Waals surface area contributed by atoms with Gasteiger partial charge in [-0.1, -0.05) is 30.3 Å². The molecular weight excluding hydrogens is 390 g/mol. The van der Waals surface area contributed by atoms with Crippen molar-refractivity contribution < 1.29 is 18.0 Å². The number of carbonyl (C=O) groups excluding carboxylic acids is 2. The number of nitrogens with zero attached hydrogens (tertiary/aromatic N) is 3. The number of fused-ring (bicyclic) bond motifs is 3. The largest absolute Gasteiger partial charge is 0.289 e. The first-order valence-corrected chi connectivity index (χ1v) is 10.8. The Hall–Kier alpha value is -3.26. The smallest absolute Gasteiger partial charge is 0.272 e. The third-order valence-electron chi connectivity index (χ3n) is 5.16. The van der Waals surface area contributed by atoms with Crippen LogP contribution in [0.3, 0.4) is 0 Å². The summed E-state index contributed by atoms with van der Waals surface area (Å²) in [6.07, 6.45) is 0.977. The van der Waals surface area contributed by atoms with Crippen molar-refractivity contribution in [2.45, 2.75) is 13.8 Å². The van der Waals surface area contributed by atoms with Gasteiger partial charge in [-0.15, -0.1) is 0 Å². The summed E-state index contributed by atoms with van der Waals surface area (Å²) in [5.41, 5.74) is 3.84. The molecule has 4 rings (SSSR count). The molecule has 0 unspecified atom stereocenters. The van der Waals surface area contributed by atoms with E-state index in [1.807, 2.05) is 12.1 Å². The van der Waals surface area contributed by atoms with Crippen LogP contribution in [0.1, 0.15) is 37.7 Å². The highest BCUT2D eigenvalue weighted by molar-refractivity contribution is 7.92. The van der Waals surface area contributed by atoms with Gasteiger partial charge in [0.15, 0.2) is 5.78 Å². The molecule has 1 amide bonds. The summed E-state index contributed by atoms with van der Waals surface area (Å²) in [7, 11) is -2.25. The number of hydrogen-bond donors (Lipinski definition) is 0. The van der Waals surface area contributed by atoms with Crippen LogP contribution in [0, 0.1) is 13.8 Å². The van der Waals surface area contributed by atoms with Gasteiger partial charge in [-0.05, 0) is 37.1 Å². The highest BCUT2D eigenvalue weighted by atomic mass is 32.2. The van der Waals surface area contributed by atoms with Gasteiger partial charge < -0.3 is 0 Å². The van der Waals surface area contributed by atoms with Crippen molar-refractivity contribution in [3.05, 3.63) is 70.5 Å². The molecule has 0 atom stereocenters. The van der Waals surface area contributed by atoms with Gasteiger partial charge >= 0.3 is 0 Å². The summed E-state index contributed by atoms with van der Waals surface area (Å²) >= 11 is 0. The lowest BCUT2D eigenvalue weighted by Crippen LogP contribution is -2.37. The van der Waals surface area contributed by atoms with Crippen molar-refractivity contribution in [1.82, 2.24) is 9.78 Å². The van der Waals surface area contributed by atoms with Crippen molar-refractivity contribution in [1.29, 1.82) is 0 Å². The van der Waals surface area contributed by atoms with Crippen LogP contribution < -0.4 is 4.31 Å². The molecule has 7 nitrogen and oxygen atoms in total. The van der Waals surface area contributed by atoms with Gasteiger partial charge in [0, 0.05) is 23.7 Å². The minimum absolute atomic E-state index is 0.123. The third kappa shape index (κ3) is 2.87. The molecule has 0 bridgehead atoms. The third-order valence-corrected chi connectivity index (χ3v) is 6.17. The summed E-state index contributed by atoms with van der Waals surface area (Å²) in [6.45, 7) is 3.35. The predicted octanol–water partition coefficient (Wildman–Crippen LogP) is 2.85. The Morgan fingerprint density at radius 1 is 1.00 bits per heavy atom. The second kappa shape index (κ2) is 6.38. The average molecular weight is 409 g/mol. The van der Waals surface area contributed by atoms with Gasteiger partial charge in [0.05, 0.1) is 17.6 Å². The first-order valence-electron chi connectivity index (χ1n) is 8.94. The summed E-state index contributed by atoms with van der Waals surface area (Å²) in [4.78, 5) is 26.0. The molecule has 0 N–H and O–H groups in total. The van der Waals surface area contributed by atoms with Crippen molar-refractivity contribution >= 4 is 27.4 Å². The topological polar surface area (TPSA) is 89.3 Å². The van der Waals surface area contributed by atoms with Crippen molar-refractivity contribution in [3.63, 3.8) is 0 Å². The van der Waals surface area contributed by atoms with Gasteiger partial charge in [0.2, 0.25) is 10.0 Å². The highest BCUT2D eigenvalue weighted by Crippen LogP contribution is 2.37. The van der Waals surface area contributed by atoms with E-state index in [1.165, 1.54) is 10.7 Å². The molecule has 0 aliphatic heterocycles. The lowest BCUT2D eigenvalue weighted by Gasteiger charge is -2.21. The van der Waals surface area contributed by atoms with E-state index in [-0.39, 0.29) is 17.0 Å². The molecule has 1 heterocycles. The number of anilines is 1. The van der Waals surface area contributed by atoms with Gasteiger partial charge in [-0.25, -0.2) is 8.42 Å². The Morgan fingerprint density at radius 3 is 2.21 bits per heavy atom. The van der Waals surface area contributed by atoms with E-state index in [9.17, 15) is 18.0 Å². The second-order valence-corrected chi connectivity index (χ2v) is 8.94. The van der Waals surface area contributed by atoms with E-state index in [1.54, 1.807) is 45.2 Å². The fourth-order valence-corrected chi connectivity index (χ4v) is 4.76. The van der Waals surface area contributed by atoms with Gasteiger partial charge in [0.1, 0.15) is 5.69 Å². The molecule has 148 valence electrons. The van der Waals surface area contributed by atoms with Crippen LogP contribution in [0.2, 0.25) is 0 Å².